The third-order valence-electron chi connectivity index (χ3n) is 4.64. The number of hydrogen-bond acceptors (Lipinski definition) is 4. The smallest absolute Gasteiger partial charge is 0.449 e. The van der Waals surface area contributed by atoms with Gasteiger partial charge in [0.1, 0.15) is 0 Å². The minimum absolute atomic E-state index is 0.229. The van der Waals surface area contributed by atoms with E-state index in [1.165, 1.54) is 11.8 Å². The molecule has 0 radical (unpaired) electrons. The van der Waals surface area contributed by atoms with Crippen molar-refractivity contribution in [3.05, 3.63) is 69.5 Å². The molecule has 146 valence electrons. The van der Waals surface area contributed by atoms with Crippen LogP contribution >= 0.6 is 11.6 Å². The van der Waals surface area contributed by atoms with Gasteiger partial charge in [0.25, 0.3) is 0 Å². The predicted octanol–water partition coefficient (Wildman–Crippen LogP) is 4.95. The summed E-state index contributed by atoms with van der Waals surface area (Å²) in [5, 5.41) is 13.0. The SMILES string of the molecule is CCn1cc(OC(=O)O)c(=O)c2cc(NCC(C)c3ccccc3)c(Cl)cc21. The Morgan fingerprint density at radius 1 is 1.29 bits per heavy atom. The Morgan fingerprint density at radius 3 is 2.64 bits per heavy atom. The summed E-state index contributed by atoms with van der Waals surface area (Å²) in [5.41, 5.74) is 1.94. The lowest BCUT2D eigenvalue weighted by molar-refractivity contribution is 0.144. The molecule has 0 aliphatic carbocycles. The lowest BCUT2D eigenvalue weighted by Crippen LogP contribution is -2.17. The summed E-state index contributed by atoms with van der Waals surface area (Å²) >= 11 is 6.43. The lowest BCUT2D eigenvalue weighted by Gasteiger charge is -2.17. The number of carboxylic acid groups (broad SMARTS) is 1. The summed E-state index contributed by atoms with van der Waals surface area (Å²) in [6.45, 7) is 5.14. The third kappa shape index (κ3) is 4.12. The molecule has 0 saturated heterocycles. The van der Waals surface area contributed by atoms with Crippen LogP contribution in [-0.4, -0.2) is 22.4 Å². The molecule has 1 aromatic heterocycles. The number of hydrogen-bond donors (Lipinski definition) is 2. The molecule has 1 heterocycles. The first-order valence-corrected chi connectivity index (χ1v) is 9.34. The number of aryl methyl sites for hydroxylation is 1. The number of ether oxygens (including phenoxy) is 1. The highest BCUT2D eigenvalue weighted by Gasteiger charge is 2.15. The van der Waals surface area contributed by atoms with Gasteiger partial charge in [-0.1, -0.05) is 48.9 Å². The molecule has 0 aliphatic rings. The van der Waals surface area contributed by atoms with Crippen LogP contribution in [0.2, 0.25) is 5.02 Å². The molecule has 2 N–H and O–H groups in total. The molecule has 3 rings (SSSR count). The first-order chi connectivity index (χ1) is 13.4. The third-order valence-corrected chi connectivity index (χ3v) is 4.95. The number of nitrogens with zero attached hydrogens (tertiary/aromatic N) is 1. The van der Waals surface area contributed by atoms with E-state index in [9.17, 15) is 9.59 Å². The number of pyridine rings is 1. The van der Waals surface area contributed by atoms with Crippen molar-refractivity contribution in [2.45, 2.75) is 26.3 Å². The Hall–Kier alpha value is -2.99. The van der Waals surface area contributed by atoms with E-state index in [0.29, 0.717) is 34.7 Å². The Morgan fingerprint density at radius 2 is 2.00 bits per heavy atom. The molecule has 0 spiro atoms. The second-order valence-corrected chi connectivity index (χ2v) is 6.93. The molecule has 1 unspecified atom stereocenters. The molecule has 0 amide bonds. The summed E-state index contributed by atoms with van der Waals surface area (Å²) in [5.74, 6) is 0.00900. The fourth-order valence-corrected chi connectivity index (χ4v) is 3.34. The second kappa shape index (κ2) is 8.35. The molecule has 0 fully saturated rings. The van der Waals surface area contributed by atoms with E-state index in [2.05, 4.69) is 29.1 Å². The van der Waals surface area contributed by atoms with Gasteiger partial charge >= 0.3 is 6.16 Å². The topological polar surface area (TPSA) is 80.6 Å². The van der Waals surface area contributed by atoms with Crippen molar-refractivity contribution < 1.29 is 14.6 Å². The molecule has 3 aromatic rings. The lowest BCUT2D eigenvalue weighted by atomic mass is 10.0. The summed E-state index contributed by atoms with van der Waals surface area (Å²) in [4.78, 5) is 23.6. The first kappa shape index (κ1) is 19.8. The van der Waals surface area contributed by atoms with E-state index in [1.807, 2.05) is 25.1 Å². The van der Waals surface area contributed by atoms with E-state index in [0.717, 1.165) is 0 Å². The van der Waals surface area contributed by atoms with E-state index in [1.54, 1.807) is 16.7 Å². The maximum Gasteiger partial charge on any atom is 0.511 e. The largest absolute Gasteiger partial charge is 0.511 e. The van der Waals surface area contributed by atoms with Crippen molar-refractivity contribution in [1.82, 2.24) is 4.57 Å². The number of carbonyl (C=O) groups is 1. The molecule has 28 heavy (non-hydrogen) atoms. The van der Waals surface area contributed by atoms with Crippen LogP contribution in [0.4, 0.5) is 10.5 Å². The minimum atomic E-state index is -1.52. The van der Waals surface area contributed by atoms with Gasteiger partial charge in [-0.3, -0.25) is 4.79 Å². The highest BCUT2D eigenvalue weighted by Crippen LogP contribution is 2.29. The van der Waals surface area contributed by atoms with Crippen molar-refractivity contribution >= 4 is 34.3 Å². The van der Waals surface area contributed by atoms with Crippen LogP contribution in [0, 0.1) is 0 Å². The van der Waals surface area contributed by atoms with Crippen LogP contribution in [0.25, 0.3) is 10.9 Å². The molecule has 6 nitrogen and oxygen atoms in total. The maximum atomic E-state index is 12.7. The van der Waals surface area contributed by atoms with E-state index in [4.69, 9.17) is 16.7 Å². The van der Waals surface area contributed by atoms with Crippen molar-refractivity contribution in [2.75, 3.05) is 11.9 Å². The predicted molar refractivity (Wildman–Crippen MR) is 111 cm³/mol. The Bertz CT molecular complexity index is 1060. The number of fused-ring (bicyclic) bond motifs is 1. The molecule has 2 aromatic carbocycles. The van der Waals surface area contributed by atoms with Crippen LogP contribution in [-0.2, 0) is 6.54 Å². The number of aromatic nitrogens is 1. The maximum absolute atomic E-state index is 12.7. The second-order valence-electron chi connectivity index (χ2n) is 6.52. The van der Waals surface area contributed by atoms with Gasteiger partial charge < -0.3 is 19.7 Å². The molecule has 1 atom stereocenters. The molecular weight excluding hydrogens is 380 g/mol. The fourth-order valence-electron chi connectivity index (χ4n) is 3.11. The molecular formula is C21H21ClN2O4. The van der Waals surface area contributed by atoms with Crippen molar-refractivity contribution in [3.8, 4) is 5.75 Å². The summed E-state index contributed by atoms with van der Waals surface area (Å²) < 4.78 is 6.39. The average molecular weight is 401 g/mol. The molecule has 0 aliphatic heterocycles. The number of benzene rings is 2. The first-order valence-electron chi connectivity index (χ1n) is 8.97. The van der Waals surface area contributed by atoms with Crippen molar-refractivity contribution in [2.24, 2.45) is 0 Å². The molecule has 0 bridgehead atoms. The van der Waals surface area contributed by atoms with Gasteiger partial charge in [-0.2, -0.15) is 0 Å². The Balaban J connectivity index is 1.97. The van der Waals surface area contributed by atoms with Crippen molar-refractivity contribution in [1.29, 1.82) is 0 Å². The molecule has 7 heteroatoms. The number of nitrogens with one attached hydrogen (secondary N) is 1. The highest BCUT2D eigenvalue weighted by molar-refractivity contribution is 6.34. The monoisotopic (exact) mass is 400 g/mol. The zero-order valence-electron chi connectivity index (χ0n) is 15.6. The highest BCUT2D eigenvalue weighted by atomic mass is 35.5. The van der Waals surface area contributed by atoms with Gasteiger partial charge in [0, 0.05) is 13.1 Å². The Kier molecular flexibility index (Phi) is 5.90. The van der Waals surface area contributed by atoms with Gasteiger partial charge in [0.05, 0.1) is 27.8 Å². The van der Waals surface area contributed by atoms with Gasteiger partial charge in [-0.05, 0) is 30.5 Å². The van der Waals surface area contributed by atoms with E-state index < -0.39 is 11.6 Å². The molecule has 0 saturated carbocycles. The van der Waals surface area contributed by atoms with Crippen LogP contribution in [0.3, 0.4) is 0 Å². The van der Waals surface area contributed by atoms with Crippen LogP contribution in [0.15, 0.2) is 53.5 Å². The summed E-state index contributed by atoms with van der Waals surface area (Å²) in [7, 11) is 0. The van der Waals surface area contributed by atoms with Crippen molar-refractivity contribution in [3.63, 3.8) is 0 Å². The number of anilines is 1. The van der Waals surface area contributed by atoms with Crippen LogP contribution in [0.1, 0.15) is 25.3 Å². The summed E-state index contributed by atoms with van der Waals surface area (Å²) in [6.07, 6.45) is -0.136. The van der Waals surface area contributed by atoms with Gasteiger partial charge in [-0.25, -0.2) is 4.79 Å². The number of rotatable bonds is 6. The zero-order chi connectivity index (χ0) is 20.3. The number of halogens is 1. The normalized spacial score (nSPS) is 12.0. The van der Waals surface area contributed by atoms with E-state index in [-0.39, 0.29) is 11.7 Å². The van der Waals surface area contributed by atoms with Gasteiger partial charge in [0.15, 0.2) is 5.75 Å². The standard InChI is InChI=1S/C21H21ClN2O4/c1-3-24-12-19(28-21(26)27)20(25)15-9-17(16(22)10-18(15)24)23-11-13(2)14-7-5-4-6-8-14/h4-10,12-13,23H,3,11H2,1-2H3,(H,26,27). The van der Waals surface area contributed by atoms with Crippen LogP contribution in [0.5, 0.6) is 5.75 Å². The van der Waals surface area contributed by atoms with Gasteiger partial charge in [-0.15, -0.1) is 0 Å². The van der Waals surface area contributed by atoms with Gasteiger partial charge in [0.2, 0.25) is 5.43 Å². The minimum Gasteiger partial charge on any atom is -0.449 e. The average Bonchev–Trinajstić information content (AvgIpc) is 2.69. The Labute approximate surface area is 167 Å². The zero-order valence-corrected chi connectivity index (χ0v) is 16.4. The quantitative estimate of drug-likeness (QED) is 0.572. The fraction of sp³-hybridized carbons (Fsp3) is 0.238. The summed E-state index contributed by atoms with van der Waals surface area (Å²) in [6, 6.07) is 13.4. The van der Waals surface area contributed by atoms with E-state index >= 15 is 0 Å². The van der Waals surface area contributed by atoms with Crippen LogP contribution < -0.4 is 15.5 Å².